The molecule has 1 aliphatic heterocycles. The van der Waals surface area contributed by atoms with Gasteiger partial charge in [-0.25, -0.2) is 13.4 Å². The quantitative estimate of drug-likeness (QED) is 0.449. The highest BCUT2D eigenvalue weighted by atomic mass is 32.2. The molecule has 0 radical (unpaired) electrons. The van der Waals surface area contributed by atoms with Gasteiger partial charge in [-0.2, -0.15) is 13.2 Å². The summed E-state index contributed by atoms with van der Waals surface area (Å²) in [5.74, 6) is 0.339. The molecule has 0 fully saturated rings. The third kappa shape index (κ3) is 3.36. The van der Waals surface area contributed by atoms with Crippen molar-refractivity contribution in [1.82, 2.24) is 9.38 Å². The van der Waals surface area contributed by atoms with Crippen molar-refractivity contribution in [2.45, 2.75) is 11.1 Å². The van der Waals surface area contributed by atoms with Gasteiger partial charge in [0.15, 0.2) is 0 Å². The third-order valence-electron chi connectivity index (χ3n) is 5.26. The van der Waals surface area contributed by atoms with Crippen LogP contribution in [0.25, 0.3) is 16.8 Å². The Morgan fingerprint density at radius 1 is 1.00 bits per heavy atom. The van der Waals surface area contributed by atoms with Gasteiger partial charge >= 0.3 is 6.18 Å². The predicted octanol–water partition coefficient (Wildman–Crippen LogP) is 4.61. The molecule has 0 N–H and O–H groups in total. The molecule has 0 aliphatic carbocycles. The van der Waals surface area contributed by atoms with Crippen LogP contribution in [0, 0.1) is 0 Å². The van der Waals surface area contributed by atoms with Gasteiger partial charge in [-0.3, -0.25) is 4.31 Å². The summed E-state index contributed by atoms with van der Waals surface area (Å²) in [7, 11) is -4.26. The second-order valence-corrected chi connectivity index (χ2v) is 9.08. The van der Waals surface area contributed by atoms with Crippen LogP contribution in [-0.2, 0) is 16.2 Å². The van der Waals surface area contributed by atoms with E-state index in [0.717, 1.165) is 28.1 Å². The molecule has 10 heteroatoms. The molecule has 2 aromatic carbocycles. The van der Waals surface area contributed by atoms with E-state index in [1.54, 1.807) is 30.6 Å². The van der Waals surface area contributed by atoms with E-state index in [4.69, 9.17) is 4.74 Å². The molecule has 164 valence electrons. The number of benzene rings is 2. The van der Waals surface area contributed by atoms with Crippen LogP contribution in [0.5, 0.6) is 5.75 Å². The molecule has 0 amide bonds. The summed E-state index contributed by atoms with van der Waals surface area (Å²) >= 11 is 0. The van der Waals surface area contributed by atoms with Crippen LogP contribution in [0.2, 0.25) is 0 Å². The molecule has 0 bridgehead atoms. The number of fused-ring (bicyclic) bond motifs is 2. The number of hydrogen-bond acceptors (Lipinski definition) is 4. The predicted molar refractivity (Wildman–Crippen MR) is 112 cm³/mol. The Morgan fingerprint density at radius 3 is 2.66 bits per heavy atom. The third-order valence-corrected chi connectivity index (χ3v) is 7.07. The number of hydrogen-bond donors (Lipinski definition) is 0. The van der Waals surface area contributed by atoms with Crippen molar-refractivity contribution in [2.24, 2.45) is 0 Å². The average molecular weight is 459 g/mol. The van der Waals surface area contributed by atoms with E-state index in [9.17, 15) is 21.6 Å². The highest BCUT2D eigenvalue weighted by molar-refractivity contribution is 7.92. The zero-order valence-corrected chi connectivity index (χ0v) is 17.3. The lowest BCUT2D eigenvalue weighted by molar-refractivity contribution is -0.137. The molecule has 32 heavy (non-hydrogen) atoms. The second-order valence-electron chi connectivity index (χ2n) is 7.21. The summed E-state index contributed by atoms with van der Waals surface area (Å²) in [5, 5.41) is 0. The molecular weight excluding hydrogens is 443 g/mol. The Kier molecular flexibility index (Phi) is 4.63. The number of nitrogens with zero attached hydrogens (tertiary/aromatic N) is 3. The topological polar surface area (TPSA) is 63.9 Å². The smallest absolute Gasteiger partial charge is 0.416 e. The van der Waals surface area contributed by atoms with Gasteiger partial charge in [0.1, 0.15) is 18.0 Å². The normalized spacial score (nSPS) is 14.3. The number of ether oxygens (including phenoxy) is 1. The van der Waals surface area contributed by atoms with E-state index in [1.807, 2.05) is 22.7 Å². The Bertz CT molecular complexity index is 1430. The molecule has 2 aromatic heterocycles. The molecule has 6 nitrogen and oxygen atoms in total. The fourth-order valence-electron chi connectivity index (χ4n) is 3.74. The van der Waals surface area contributed by atoms with Gasteiger partial charge in [-0.15, -0.1) is 0 Å². The number of aromatic nitrogens is 2. The number of imidazole rings is 1. The Hall–Kier alpha value is -3.53. The maximum Gasteiger partial charge on any atom is 0.416 e. The zero-order chi connectivity index (χ0) is 22.5. The minimum atomic E-state index is -4.65. The summed E-state index contributed by atoms with van der Waals surface area (Å²) in [6, 6.07) is 12.6. The van der Waals surface area contributed by atoms with Crippen molar-refractivity contribution in [3.05, 3.63) is 78.8 Å². The molecule has 0 atom stereocenters. The van der Waals surface area contributed by atoms with Crippen molar-refractivity contribution in [1.29, 1.82) is 0 Å². The van der Waals surface area contributed by atoms with Crippen LogP contribution in [-0.4, -0.2) is 31.0 Å². The van der Waals surface area contributed by atoms with Crippen LogP contribution in [0.1, 0.15) is 5.56 Å². The van der Waals surface area contributed by atoms with Crippen molar-refractivity contribution < 1.29 is 26.3 Å². The van der Waals surface area contributed by atoms with E-state index < -0.39 is 26.7 Å². The van der Waals surface area contributed by atoms with E-state index >= 15 is 0 Å². The lowest BCUT2D eigenvalue weighted by atomic mass is 10.1. The van der Waals surface area contributed by atoms with Gasteiger partial charge in [-0.1, -0.05) is 12.1 Å². The lowest BCUT2D eigenvalue weighted by Crippen LogP contribution is -2.38. The molecular formula is C22H16F3N3O3S. The zero-order valence-electron chi connectivity index (χ0n) is 16.5. The summed E-state index contributed by atoms with van der Waals surface area (Å²) in [5.41, 5.74) is 1.42. The van der Waals surface area contributed by atoms with Gasteiger partial charge in [0.25, 0.3) is 10.0 Å². The summed E-state index contributed by atoms with van der Waals surface area (Å²) in [6.45, 7) is 0.0585. The van der Waals surface area contributed by atoms with Crippen molar-refractivity contribution >= 4 is 21.4 Å². The SMILES string of the molecule is O=S(=O)(c1cccc(C(F)(F)F)c1)N1CCOc2ccc(-c3cccn4ccnc34)cc21. The molecule has 1 aliphatic rings. The highest BCUT2D eigenvalue weighted by Crippen LogP contribution is 2.40. The Balaban J connectivity index is 1.62. The molecule has 0 spiro atoms. The van der Waals surface area contributed by atoms with Crippen molar-refractivity contribution in [2.75, 3.05) is 17.5 Å². The lowest BCUT2D eigenvalue weighted by Gasteiger charge is -2.31. The summed E-state index contributed by atoms with van der Waals surface area (Å²) in [4.78, 5) is 3.92. The van der Waals surface area contributed by atoms with Crippen molar-refractivity contribution in [3.63, 3.8) is 0 Å². The minimum absolute atomic E-state index is 0.0252. The van der Waals surface area contributed by atoms with Gasteiger partial charge in [0.2, 0.25) is 0 Å². The van der Waals surface area contributed by atoms with E-state index in [0.29, 0.717) is 23.0 Å². The van der Waals surface area contributed by atoms with Crippen LogP contribution in [0.15, 0.2) is 78.1 Å². The van der Waals surface area contributed by atoms with Crippen LogP contribution < -0.4 is 9.04 Å². The molecule has 4 aromatic rings. The van der Waals surface area contributed by atoms with Gasteiger partial charge in [-0.05, 0) is 48.0 Å². The van der Waals surface area contributed by atoms with Crippen molar-refractivity contribution in [3.8, 4) is 16.9 Å². The first-order chi connectivity index (χ1) is 15.2. The number of rotatable bonds is 3. The van der Waals surface area contributed by atoms with E-state index in [-0.39, 0.29) is 18.8 Å². The number of halogens is 3. The van der Waals surface area contributed by atoms with Crippen LogP contribution in [0.3, 0.4) is 0 Å². The Labute approximate surface area is 181 Å². The van der Waals surface area contributed by atoms with Gasteiger partial charge in [0, 0.05) is 24.2 Å². The largest absolute Gasteiger partial charge is 0.489 e. The monoisotopic (exact) mass is 459 g/mol. The average Bonchev–Trinajstić information content (AvgIpc) is 3.27. The number of sulfonamides is 1. The Morgan fingerprint density at radius 2 is 1.84 bits per heavy atom. The van der Waals surface area contributed by atoms with E-state index in [2.05, 4.69) is 4.98 Å². The standard InChI is InChI=1S/C22H16F3N3O3S/c23-22(24,25)16-3-1-4-17(14-16)32(29,30)28-11-12-31-20-7-6-15(13-19(20)28)18-5-2-9-27-10-8-26-21(18)27/h1-10,13-14H,11-12H2. The molecule has 0 unspecified atom stereocenters. The molecule has 0 saturated carbocycles. The van der Waals surface area contributed by atoms with Crippen LogP contribution >= 0.6 is 0 Å². The first-order valence-electron chi connectivity index (χ1n) is 9.64. The minimum Gasteiger partial charge on any atom is -0.489 e. The van der Waals surface area contributed by atoms with E-state index in [1.165, 1.54) is 0 Å². The second kappa shape index (κ2) is 7.27. The number of anilines is 1. The summed E-state index contributed by atoms with van der Waals surface area (Å²) in [6.07, 6.45) is 0.651. The fourth-order valence-corrected chi connectivity index (χ4v) is 5.24. The van der Waals surface area contributed by atoms with Gasteiger partial charge < -0.3 is 9.14 Å². The first kappa shape index (κ1) is 20.4. The molecule has 3 heterocycles. The van der Waals surface area contributed by atoms with Crippen LogP contribution in [0.4, 0.5) is 18.9 Å². The molecule has 0 saturated heterocycles. The molecule has 5 rings (SSSR count). The number of alkyl halides is 3. The first-order valence-corrected chi connectivity index (χ1v) is 11.1. The van der Waals surface area contributed by atoms with Gasteiger partial charge in [0.05, 0.1) is 22.7 Å². The summed E-state index contributed by atoms with van der Waals surface area (Å²) < 4.78 is 74.6. The fraction of sp³-hybridized carbons (Fsp3) is 0.136. The maximum atomic E-state index is 13.3. The number of pyridine rings is 1. The highest BCUT2D eigenvalue weighted by Gasteiger charge is 2.35. The maximum absolute atomic E-state index is 13.3.